The molecule has 0 unspecified atom stereocenters. The summed E-state index contributed by atoms with van der Waals surface area (Å²) in [6.45, 7) is 10.8. The number of aliphatic carboxylic acids is 2. The molecule has 1 aromatic rings. The van der Waals surface area contributed by atoms with E-state index >= 15 is 0 Å². The van der Waals surface area contributed by atoms with Crippen LogP contribution in [0.3, 0.4) is 0 Å². The number of carboxylic acids is 2. The van der Waals surface area contributed by atoms with Gasteiger partial charge in [-0.15, -0.1) is 0 Å². The molecule has 0 bridgehead atoms. The summed E-state index contributed by atoms with van der Waals surface area (Å²) in [5.41, 5.74) is 7.02. The second-order valence-corrected chi connectivity index (χ2v) is 13.9. The maximum Gasteiger partial charge on any atom is 0.326 e. The van der Waals surface area contributed by atoms with Crippen molar-refractivity contribution in [2.24, 2.45) is 23.5 Å². The summed E-state index contributed by atoms with van der Waals surface area (Å²) in [5.74, 6) is -6.94. The Morgan fingerprint density at radius 1 is 0.804 bits per heavy atom. The van der Waals surface area contributed by atoms with Crippen LogP contribution in [0.2, 0.25) is 0 Å². The van der Waals surface area contributed by atoms with E-state index in [4.69, 9.17) is 5.73 Å². The number of hydrogen-bond donors (Lipinski definition) is 7. The van der Waals surface area contributed by atoms with Gasteiger partial charge in [-0.25, -0.2) is 4.79 Å². The van der Waals surface area contributed by atoms with Gasteiger partial charge in [0.15, 0.2) is 0 Å². The first-order chi connectivity index (χ1) is 24.0. The van der Waals surface area contributed by atoms with Gasteiger partial charge < -0.3 is 42.1 Å². The third-order valence-electron chi connectivity index (χ3n) is 9.38. The fourth-order valence-corrected chi connectivity index (χ4v) is 5.97. The first kappa shape index (κ1) is 42.6. The highest BCUT2D eigenvalue weighted by Crippen LogP contribution is 2.21. The number of nitrogens with zero attached hydrogens (tertiary/aromatic N) is 1. The van der Waals surface area contributed by atoms with E-state index in [0.29, 0.717) is 19.3 Å². The largest absolute Gasteiger partial charge is 0.481 e. The lowest BCUT2D eigenvalue weighted by Crippen LogP contribution is -2.60. The van der Waals surface area contributed by atoms with Gasteiger partial charge in [0.05, 0.1) is 12.5 Å². The summed E-state index contributed by atoms with van der Waals surface area (Å²) in [5, 5.41) is 29.7. The maximum absolute atomic E-state index is 13.8. The topological polar surface area (TPSA) is 237 Å². The monoisotopic (exact) mass is 716 g/mol. The van der Waals surface area contributed by atoms with Crippen LogP contribution in [0.4, 0.5) is 0 Å². The zero-order valence-electron chi connectivity index (χ0n) is 30.5. The predicted molar refractivity (Wildman–Crippen MR) is 189 cm³/mol. The zero-order valence-corrected chi connectivity index (χ0v) is 30.5. The first-order valence-corrected chi connectivity index (χ1v) is 17.8. The molecule has 0 aliphatic carbocycles. The Hall–Kier alpha value is -4.53. The van der Waals surface area contributed by atoms with Gasteiger partial charge in [0.2, 0.25) is 29.5 Å². The molecule has 284 valence electrons. The molecule has 51 heavy (non-hydrogen) atoms. The molecule has 15 nitrogen and oxygen atoms in total. The van der Waals surface area contributed by atoms with Gasteiger partial charge in [-0.05, 0) is 49.0 Å². The van der Waals surface area contributed by atoms with Crippen LogP contribution >= 0.6 is 0 Å². The van der Waals surface area contributed by atoms with E-state index in [1.165, 1.54) is 4.90 Å². The van der Waals surface area contributed by atoms with E-state index in [1.807, 2.05) is 51.1 Å². The van der Waals surface area contributed by atoms with E-state index in [0.717, 1.165) is 5.56 Å². The highest BCUT2D eigenvalue weighted by atomic mass is 16.4. The Morgan fingerprint density at radius 2 is 1.39 bits per heavy atom. The van der Waals surface area contributed by atoms with Crippen LogP contribution in [0.15, 0.2) is 30.3 Å². The van der Waals surface area contributed by atoms with E-state index < -0.39 is 84.1 Å². The minimum Gasteiger partial charge on any atom is -0.481 e. The van der Waals surface area contributed by atoms with Crippen LogP contribution in [0.5, 0.6) is 0 Å². The third kappa shape index (κ3) is 12.9. The van der Waals surface area contributed by atoms with Gasteiger partial charge in [0.25, 0.3) is 0 Å². The molecule has 1 aromatic carbocycles. The van der Waals surface area contributed by atoms with Gasteiger partial charge >= 0.3 is 11.9 Å². The van der Waals surface area contributed by atoms with E-state index in [9.17, 15) is 43.8 Å². The molecule has 2 rings (SSSR count). The number of nitrogens with one attached hydrogen (secondary N) is 4. The molecule has 1 aliphatic heterocycles. The van der Waals surface area contributed by atoms with Gasteiger partial charge in [0.1, 0.15) is 30.2 Å². The van der Waals surface area contributed by atoms with Crippen molar-refractivity contribution in [1.29, 1.82) is 0 Å². The van der Waals surface area contributed by atoms with E-state index in [2.05, 4.69) is 21.3 Å². The fourth-order valence-electron chi connectivity index (χ4n) is 5.97. The number of nitrogens with two attached hydrogens (primary N) is 1. The number of carbonyl (C=O) groups excluding carboxylic acids is 5. The van der Waals surface area contributed by atoms with Gasteiger partial charge in [0, 0.05) is 6.54 Å². The minimum absolute atomic E-state index is 0.0961. The standard InChI is InChI=1S/C36H56N6O9/c1-7-21(5)29(40-31(45)24(37)18-23-13-10-9-11-14-23)34(48)38-25(17-20(3)4)32(46)39-26(19-28(43)44)35(49)42-16-12-15-27(42)33(47)41-30(36(50)51)22(6)8-2/h9-11,13-14,20-22,24-27,29-30H,7-8,12,15-19,37H2,1-6H3,(H,38,48)(H,39,46)(H,40,45)(H,41,47)(H,43,44)(H,50,51)/t21-,22-,24-,25-,26-,27-,29-,30-/m0/s1. The molecule has 8 N–H and O–H groups in total. The predicted octanol–water partition coefficient (Wildman–Crippen LogP) is 1.18. The molecule has 5 amide bonds. The fraction of sp³-hybridized carbons (Fsp3) is 0.639. The lowest BCUT2D eigenvalue weighted by atomic mass is 9.96. The molecule has 0 aromatic heterocycles. The van der Waals surface area contributed by atoms with Gasteiger partial charge in [-0.3, -0.25) is 28.8 Å². The molecule has 1 saturated heterocycles. The van der Waals surface area contributed by atoms with Gasteiger partial charge in [-0.2, -0.15) is 0 Å². The van der Waals surface area contributed by atoms with Crippen molar-refractivity contribution >= 4 is 41.5 Å². The smallest absolute Gasteiger partial charge is 0.326 e. The van der Waals surface area contributed by atoms with Crippen LogP contribution in [0.25, 0.3) is 0 Å². The molecule has 1 fully saturated rings. The summed E-state index contributed by atoms with van der Waals surface area (Å²) >= 11 is 0. The molecule has 0 radical (unpaired) electrons. The number of carbonyl (C=O) groups is 7. The van der Waals surface area contributed by atoms with Crippen LogP contribution in [-0.4, -0.2) is 99.4 Å². The molecular weight excluding hydrogens is 660 g/mol. The Morgan fingerprint density at radius 3 is 1.94 bits per heavy atom. The molecular formula is C36H56N6O9. The Bertz CT molecular complexity index is 1370. The van der Waals surface area contributed by atoms with Crippen LogP contribution < -0.4 is 27.0 Å². The number of carboxylic acid groups (broad SMARTS) is 2. The Balaban J connectivity index is 2.25. The molecule has 8 atom stereocenters. The summed E-state index contributed by atoms with van der Waals surface area (Å²) in [7, 11) is 0. The highest BCUT2D eigenvalue weighted by Gasteiger charge is 2.41. The number of amides is 5. The van der Waals surface area contributed by atoms with E-state index in [-0.39, 0.29) is 43.6 Å². The van der Waals surface area contributed by atoms with Crippen LogP contribution in [-0.2, 0) is 40.0 Å². The van der Waals surface area contributed by atoms with Crippen LogP contribution in [0.1, 0.15) is 85.6 Å². The average Bonchev–Trinajstić information content (AvgIpc) is 3.57. The van der Waals surface area contributed by atoms with Crippen molar-refractivity contribution < 1.29 is 43.8 Å². The summed E-state index contributed by atoms with van der Waals surface area (Å²) in [4.78, 5) is 92.3. The lowest BCUT2D eigenvalue weighted by Gasteiger charge is -2.31. The second kappa shape index (κ2) is 20.4. The molecule has 15 heteroatoms. The summed E-state index contributed by atoms with van der Waals surface area (Å²) in [6, 6.07) is 2.17. The van der Waals surface area contributed by atoms with Crippen molar-refractivity contribution in [3.63, 3.8) is 0 Å². The van der Waals surface area contributed by atoms with Crippen molar-refractivity contribution in [2.75, 3.05) is 6.54 Å². The second-order valence-electron chi connectivity index (χ2n) is 13.9. The number of benzene rings is 1. The SMILES string of the molecule is CC[C@H](C)[C@H](NC(=O)[C@@H]1CCCN1C(=O)[C@H](CC(=O)O)NC(=O)[C@H](CC(C)C)NC(=O)[C@@H](NC(=O)[C@@H](N)Cc1ccccc1)[C@@H](C)CC)C(=O)O. The quantitative estimate of drug-likeness (QED) is 0.102. The van der Waals surface area contributed by atoms with Crippen molar-refractivity contribution in [3.05, 3.63) is 35.9 Å². The van der Waals surface area contributed by atoms with Crippen LogP contribution in [0, 0.1) is 17.8 Å². The minimum atomic E-state index is -1.58. The number of hydrogen-bond acceptors (Lipinski definition) is 8. The summed E-state index contributed by atoms with van der Waals surface area (Å²) < 4.78 is 0. The van der Waals surface area contributed by atoms with E-state index in [1.54, 1.807) is 20.8 Å². The van der Waals surface area contributed by atoms with Crippen molar-refractivity contribution in [2.45, 2.75) is 123 Å². The number of likely N-dealkylation sites (tertiary alicyclic amines) is 1. The summed E-state index contributed by atoms with van der Waals surface area (Å²) in [6.07, 6.45) is 1.20. The zero-order chi connectivity index (χ0) is 38.4. The Kier molecular flexibility index (Phi) is 17.0. The molecule has 0 saturated carbocycles. The Labute approximate surface area is 299 Å². The average molecular weight is 717 g/mol. The lowest BCUT2D eigenvalue weighted by molar-refractivity contribution is -0.148. The molecule has 0 spiro atoms. The molecule has 1 heterocycles. The van der Waals surface area contributed by atoms with Crippen molar-refractivity contribution in [3.8, 4) is 0 Å². The normalized spacial score (nSPS) is 18.4. The first-order valence-electron chi connectivity index (χ1n) is 17.8. The molecule has 1 aliphatic rings. The maximum atomic E-state index is 13.8. The van der Waals surface area contributed by atoms with Gasteiger partial charge in [-0.1, -0.05) is 84.7 Å². The number of rotatable bonds is 20. The highest BCUT2D eigenvalue weighted by molar-refractivity contribution is 5.97. The third-order valence-corrected chi connectivity index (χ3v) is 9.38. The van der Waals surface area contributed by atoms with Crippen molar-refractivity contribution in [1.82, 2.24) is 26.2 Å².